The van der Waals surface area contributed by atoms with Crippen LogP contribution in [0.5, 0.6) is 0 Å². The molecule has 114 valence electrons. The number of hydrogen-bond donors (Lipinski definition) is 2. The highest BCUT2D eigenvalue weighted by molar-refractivity contribution is 5.93. The lowest BCUT2D eigenvalue weighted by Gasteiger charge is -2.08. The maximum Gasteiger partial charge on any atom is 0.275 e. The van der Waals surface area contributed by atoms with Crippen LogP contribution < -0.4 is 5.32 Å². The van der Waals surface area contributed by atoms with E-state index in [2.05, 4.69) is 25.5 Å². The molecule has 0 aliphatic rings. The van der Waals surface area contributed by atoms with Gasteiger partial charge in [-0.2, -0.15) is 9.49 Å². The number of H-pyrrole nitrogens is 1. The number of rotatable bonds is 3. The van der Waals surface area contributed by atoms with Gasteiger partial charge in [-0.15, -0.1) is 0 Å². The van der Waals surface area contributed by atoms with Gasteiger partial charge in [0.05, 0.1) is 6.04 Å². The van der Waals surface area contributed by atoms with Crippen molar-refractivity contribution >= 4 is 11.6 Å². The van der Waals surface area contributed by atoms with Crippen LogP contribution in [0.4, 0.5) is 4.39 Å². The highest BCUT2D eigenvalue weighted by Crippen LogP contribution is 2.14. The summed E-state index contributed by atoms with van der Waals surface area (Å²) in [6, 6.07) is 3.02. The molecular formula is C14H15FN6O. The van der Waals surface area contributed by atoms with Crippen LogP contribution in [0.1, 0.15) is 40.7 Å². The number of carbonyl (C=O) groups is 1. The Labute approximate surface area is 125 Å². The van der Waals surface area contributed by atoms with E-state index in [0.29, 0.717) is 17.3 Å². The van der Waals surface area contributed by atoms with Gasteiger partial charge in [0, 0.05) is 6.20 Å². The molecule has 3 aromatic rings. The van der Waals surface area contributed by atoms with E-state index >= 15 is 0 Å². The summed E-state index contributed by atoms with van der Waals surface area (Å²) in [5, 5.41) is 9.31. The van der Waals surface area contributed by atoms with Crippen LogP contribution in [0, 0.1) is 19.8 Å². The van der Waals surface area contributed by atoms with E-state index in [4.69, 9.17) is 0 Å². The summed E-state index contributed by atoms with van der Waals surface area (Å²) in [5.41, 5.74) is 1.01. The van der Waals surface area contributed by atoms with Gasteiger partial charge in [0.25, 0.3) is 5.91 Å². The molecule has 0 saturated carbocycles. The molecule has 0 spiro atoms. The molecule has 0 aliphatic carbocycles. The van der Waals surface area contributed by atoms with Gasteiger partial charge in [-0.05, 0) is 32.4 Å². The number of hydrogen-bond acceptors (Lipinski definition) is 4. The first-order valence-electron chi connectivity index (χ1n) is 6.79. The van der Waals surface area contributed by atoms with E-state index in [-0.39, 0.29) is 5.69 Å². The number of aromatic nitrogens is 5. The standard InChI is InChI=1S/C14H15FN6O/c1-7-4-5-10-18-11(12(15)21(10)6-7)14(22)16-8(2)13-17-9(3)19-20-13/h4-6,8H,1-3H3,(H,16,22)(H,17,19,20). The van der Waals surface area contributed by atoms with Crippen LogP contribution in [0.3, 0.4) is 0 Å². The average molecular weight is 302 g/mol. The van der Waals surface area contributed by atoms with E-state index in [0.717, 1.165) is 5.56 Å². The summed E-state index contributed by atoms with van der Waals surface area (Å²) < 4.78 is 15.6. The minimum Gasteiger partial charge on any atom is -0.341 e. The summed E-state index contributed by atoms with van der Waals surface area (Å²) in [4.78, 5) is 20.4. The number of fused-ring (bicyclic) bond motifs is 1. The summed E-state index contributed by atoms with van der Waals surface area (Å²) in [5.74, 6) is -0.209. The van der Waals surface area contributed by atoms with E-state index < -0.39 is 17.9 Å². The second kappa shape index (κ2) is 5.21. The molecule has 0 fully saturated rings. The van der Waals surface area contributed by atoms with Gasteiger partial charge >= 0.3 is 0 Å². The molecule has 22 heavy (non-hydrogen) atoms. The maximum atomic E-state index is 14.3. The van der Waals surface area contributed by atoms with Crippen molar-refractivity contribution in [2.24, 2.45) is 0 Å². The molecule has 0 bridgehead atoms. The van der Waals surface area contributed by atoms with Crippen molar-refractivity contribution in [2.45, 2.75) is 26.8 Å². The molecule has 1 unspecified atom stereocenters. The lowest BCUT2D eigenvalue weighted by molar-refractivity contribution is 0.0929. The first kappa shape index (κ1) is 14.2. The van der Waals surface area contributed by atoms with E-state index in [1.165, 1.54) is 4.40 Å². The topological polar surface area (TPSA) is 88.0 Å². The van der Waals surface area contributed by atoms with Gasteiger partial charge in [0.15, 0.2) is 11.5 Å². The average Bonchev–Trinajstić information content (AvgIpc) is 3.04. The van der Waals surface area contributed by atoms with Crippen LogP contribution in [0.2, 0.25) is 0 Å². The van der Waals surface area contributed by atoms with Crippen molar-refractivity contribution in [3.63, 3.8) is 0 Å². The predicted molar refractivity (Wildman–Crippen MR) is 76.9 cm³/mol. The van der Waals surface area contributed by atoms with E-state index in [1.54, 1.807) is 26.1 Å². The molecule has 3 heterocycles. The van der Waals surface area contributed by atoms with E-state index in [1.807, 2.05) is 13.0 Å². The number of amides is 1. The van der Waals surface area contributed by atoms with Gasteiger partial charge in [-0.1, -0.05) is 6.07 Å². The SMILES string of the molecule is Cc1ccc2nc(C(=O)NC(C)c3n[nH]c(C)n3)c(F)n2c1. The Morgan fingerprint density at radius 3 is 2.82 bits per heavy atom. The smallest absolute Gasteiger partial charge is 0.275 e. The number of aryl methyl sites for hydroxylation is 2. The normalized spacial score (nSPS) is 12.5. The van der Waals surface area contributed by atoms with Crippen LogP contribution in [0.25, 0.3) is 5.65 Å². The van der Waals surface area contributed by atoms with Crippen molar-refractivity contribution in [3.8, 4) is 0 Å². The minimum absolute atomic E-state index is 0.246. The van der Waals surface area contributed by atoms with Crippen molar-refractivity contribution in [1.82, 2.24) is 29.9 Å². The zero-order valence-electron chi connectivity index (χ0n) is 12.4. The number of nitrogens with one attached hydrogen (secondary N) is 2. The molecule has 0 aliphatic heterocycles. The van der Waals surface area contributed by atoms with Gasteiger partial charge in [0.2, 0.25) is 5.95 Å². The van der Waals surface area contributed by atoms with Crippen molar-refractivity contribution in [1.29, 1.82) is 0 Å². The third kappa shape index (κ3) is 2.43. The molecule has 2 N–H and O–H groups in total. The molecule has 8 heteroatoms. The number of nitrogens with zero attached hydrogens (tertiary/aromatic N) is 4. The number of carbonyl (C=O) groups excluding carboxylic acids is 1. The first-order valence-corrected chi connectivity index (χ1v) is 6.79. The van der Waals surface area contributed by atoms with E-state index in [9.17, 15) is 9.18 Å². The molecule has 1 atom stereocenters. The molecule has 7 nitrogen and oxygen atoms in total. The number of pyridine rings is 1. The maximum absolute atomic E-state index is 14.3. The molecule has 0 aromatic carbocycles. The lowest BCUT2D eigenvalue weighted by atomic mass is 10.3. The highest BCUT2D eigenvalue weighted by Gasteiger charge is 2.22. The fourth-order valence-electron chi connectivity index (χ4n) is 2.15. The van der Waals surface area contributed by atoms with Crippen LogP contribution in [-0.2, 0) is 0 Å². The minimum atomic E-state index is -0.686. The predicted octanol–water partition coefficient (Wildman–Crippen LogP) is 1.70. The Bertz CT molecular complexity index is 852. The van der Waals surface area contributed by atoms with Gasteiger partial charge < -0.3 is 5.32 Å². The second-order valence-electron chi connectivity index (χ2n) is 5.16. The molecule has 3 aromatic heterocycles. The number of aromatic amines is 1. The third-order valence-electron chi connectivity index (χ3n) is 3.27. The summed E-state index contributed by atoms with van der Waals surface area (Å²) in [7, 11) is 0. The lowest BCUT2D eigenvalue weighted by Crippen LogP contribution is -2.28. The Kier molecular flexibility index (Phi) is 3.36. The van der Waals surface area contributed by atoms with Gasteiger partial charge in [0.1, 0.15) is 11.5 Å². The fourth-order valence-corrected chi connectivity index (χ4v) is 2.15. The van der Waals surface area contributed by atoms with Gasteiger partial charge in [-0.3, -0.25) is 14.3 Å². The molecule has 0 radical (unpaired) electrons. The van der Waals surface area contributed by atoms with Crippen molar-refractivity contribution in [3.05, 3.63) is 47.2 Å². The van der Waals surface area contributed by atoms with Crippen molar-refractivity contribution < 1.29 is 9.18 Å². The summed E-state index contributed by atoms with van der Waals surface area (Å²) >= 11 is 0. The molecule has 0 saturated heterocycles. The highest BCUT2D eigenvalue weighted by atomic mass is 19.1. The Balaban J connectivity index is 1.87. The number of halogens is 1. The monoisotopic (exact) mass is 302 g/mol. The Morgan fingerprint density at radius 1 is 1.36 bits per heavy atom. The molecular weight excluding hydrogens is 287 g/mol. The van der Waals surface area contributed by atoms with Crippen LogP contribution in [0.15, 0.2) is 18.3 Å². The summed E-state index contributed by atoms with van der Waals surface area (Å²) in [6.07, 6.45) is 1.59. The molecule has 1 amide bonds. The van der Waals surface area contributed by atoms with Crippen LogP contribution >= 0.6 is 0 Å². The Morgan fingerprint density at radius 2 is 2.14 bits per heavy atom. The number of imidazole rings is 1. The summed E-state index contributed by atoms with van der Waals surface area (Å²) in [6.45, 7) is 5.32. The Hall–Kier alpha value is -2.77. The zero-order valence-corrected chi connectivity index (χ0v) is 12.4. The third-order valence-corrected chi connectivity index (χ3v) is 3.27. The largest absolute Gasteiger partial charge is 0.341 e. The zero-order chi connectivity index (χ0) is 15.9. The quantitative estimate of drug-likeness (QED) is 0.771. The second-order valence-corrected chi connectivity index (χ2v) is 5.16. The van der Waals surface area contributed by atoms with Gasteiger partial charge in [-0.25, -0.2) is 9.97 Å². The molecule has 3 rings (SSSR count). The van der Waals surface area contributed by atoms with Crippen molar-refractivity contribution in [2.75, 3.05) is 0 Å². The first-order chi connectivity index (χ1) is 10.5. The van der Waals surface area contributed by atoms with Crippen LogP contribution in [-0.4, -0.2) is 30.5 Å². The fraction of sp³-hybridized carbons (Fsp3) is 0.286.